The molecule has 3 aromatic rings. The zero-order valence-corrected chi connectivity index (χ0v) is 18.7. The van der Waals surface area contributed by atoms with Crippen molar-refractivity contribution in [2.75, 3.05) is 23.8 Å². The van der Waals surface area contributed by atoms with Gasteiger partial charge < -0.3 is 20.1 Å². The van der Waals surface area contributed by atoms with E-state index >= 15 is 0 Å². The van der Waals surface area contributed by atoms with E-state index in [1.54, 1.807) is 0 Å². The highest BCUT2D eigenvalue weighted by molar-refractivity contribution is 8.02. The molecule has 0 fully saturated rings. The van der Waals surface area contributed by atoms with Gasteiger partial charge in [-0.25, -0.2) is 0 Å². The highest BCUT2D eigenvalue weighted by Crippen LogP contribution is 2.33. The third-order valence-corrected chi connectivity index (χ3v) is 5.94. The first kappa shape index (κ1) is 21.9. The quantitative estimate of drug-likeness (QED) is 0.416. The third-order valence-electron chi connectivity index (χ3n) is 3.91. The smallest absolute Gasteiger partial charge is 0.237 e. The zero-order chi connectivity index (χ0) is 21.3. The van der Waals surface area contributed by atoms with Crippen LogP contribution in [0.15, 0.2) is 52.9 Å². The van der Waals surface area contributed by atoms with Gasteiger partial charge in [0.1, 0.15) is 11.5 Å². The maximum absolute atomic E-state index is 12.5. The Bertz CT molecular complexity index is 963. The van der Waals surface area contributed by atoms with Crippen LogP contribution in [-0.2, 0) is 4.79 Å². The van der Waals surface area contributed by atoms with Crippen LogP contribution in [0.25, 0.3) is 0 Å². The number of thioether (sulfide) groups is 1. The fraction of sp³-hybridized carbons (Fsp3) is 0.286. The number of ether oxygens (including phenoxy) is 2. The molecule has 0 aliphatic heterocycles. The molecule has 1 aromatic heterocycles. The number of amides is 1. The summed E-state index contributed by atoms with van der Waals surface area (Å²) < 4.78 is 11.7. The van der Waals surface area contributed by atoms with E-state index in [1.807, 2.05) is 69.3 Å². The van der Waals surface area contributed by atoms with Gasteiger partial charge in [-0.1, -0.05) is 35.2 Å². The van der Waals surface area contributed by atoms with E-state index in [-0.39, 0.29) is 11.2 Å². The van der Waals surface area contributed by atoms with Gasteiger partial charge in [0.05, 0.1) is 24.2 Å². The van der Waals surface area contributed by atoms with E-state index in [9.17, 15) is 4.79 Å². The van der Waals surface area contributed by atoms with Crippen LogP contribution in [-0.4, -0.2) is 34.6 Å². The van der Waals surface area contributed by atoms with Crippen LogP contribution in [0.1, 0.15) is 20.8 Å². The van der Waals surface area contributed by atoms with Crippen LogP contribution in [0, 0.1) is 0 Å². The van der Waals surface area contributed by atoms with Crippen molar-refractivity contribution in [2.24, 2.45) is 0 Å². The SMILES string of the molecule is CCOc1ccc(NC(=O)C(C)Sc2nnc(Nc3ccccc3OCC)s2)cc1. The summed E-state index contributed by atoms with van der Waals surface area (Å²) in [6, 6.07) is 15.0. The normalized spacial score (nSPS) is 11.6. The van der Waals surface area contributed by atoms with Gasteiger partial charge in [0.15, 0.2) is 4.34 Å². The van der Waals surface area contributed by atoms with Gasteiger partial charge in [0, 0.05) is 5.69 Å². The number of carbonyl (C=O) groups excluding carboxylic acids is 1. The summed E-state index contributed by atoms with van der Waals surface area (Å²) >= 11 is 2.76. The number of nitrogens with zero attached hydrogens (tertiary/aromatic N) is 2. The standard InChI is InChI=1S/C21H24N4O3S2/c1-4-27-16-12-10-15(11-13-16)22-19(26)14(3)29-21-25-24-20(30-21)23-17-8-6-7-9-18(17)28-5-2/h6-14H,4-5H2,1-3H3,(H,22,26)(H,23,24). The molecule has 0 aliphatic carbocycles. The molecule has 1 amide bonds. The zero-order valence-electron chi connectivity index (χ0n) is 17.0. The number of nitrogens with one attached hydrogen (secondary N) is 2. The predicted octanol–water partition coefficient (Wildman–Crippen LogP) is 5.20. The molecule has 2 N–H and O–H groups in total. The third kappa shape index (κ3) is 6.11. The minimum absolute atomic E-state index is 0.101. The average molecular weight is 445 g/mol. The summed E-state index contributed by atoms with van der Waals surface area (Å²) in [7, 11) is 0. The lowest BCUT2D eigenvalue weighted by atomic mass is 10.3. The molecular formula is C21H24N4O3S2. The summed E-state index contributed by atoms with van der Waals surface area (Å²) in [5.74, 6) is 1.43. The first-order valence-corrected chi connectivity index (χ1v) is 11.3. The molecule has 7 nitrogen and oxygen atoms in total. The van der Waals surface area contributed by atoms with Crippen molar-refractivity contribution < 1.29 is 14.3 Å². The second-order valence-electron chi connectivity index (χ2n) is 6.13. The Kier molecular flexibility index (Phi) is 7.92. The first-order chi connectivity index (χ1) is 14.6. The Morgan fingerprint density at radius 2 is 1.80 bits per heavy atom. The number of aromatic nitrogens is 2. The molecule has 158 valence electrons. The molecule has 9 heteroatoms. The Morgan fingerprint density at radius 1 is 1.07 bits per heavy atom. The van der Waals surface area contributed by atoms with Crippen LogP contribution in [0.5, 0.6) is 11.5 Å². The Morgan fingerprint density at radius 3 is 2.53 bits per heavy atom. The molecular weight excluding hydrogens is 420 g/mol. The second-order valence-corrected chi connectivity index (χ2v) is 8.70. The molecule has 0 bridgehead atoms. The first-order valence-electron chi connectivity index (χ1n) is 9.61. The van der Waals surface area contributed by atoms with E-state index in [1.165, 1.54) is 23.1 Å². The molecule has 2 aromatic carbocycles. The minimum Gasteiger partial charge on any atom is -0.494 e. The minimum atomic E-state index is -0.326. The lowest BCUT2D eigenvalue weighted by Crippen LogP contribution is -2.22. The molecule has 1 atom stereocenters. The van der Waals surface area contributed by atoms with Crippen molar-refractivity contribution in [2.45, 2.75) is 30.4 Å². The molecule has 1 heterocycles. The lowest BCUT2D eigenvalue weighted by molar-refractivity contribution is -0.115. The number of carbonyl (C=O) groups is 1. The summed E-state index contributed by atoms with van der Waals surface area (Å²) in [5, 5.41) is 14.8. The molecule has 0 spiro atoms. The number of anilines is 3. The molecule has 30 heavy (non-hydrogen) atoms. The van der Waals surface area contributed by atoms with E-state index in [0.29, 0.717) is 22.7 Å². The van der Waals surface area contributed by atoms with E-state index in [0.717, 1.165) is 22.9 Å². The van der Waals surface area contributed by atoms with Crippen molar-refractivity contribution in [1.82, 2.24) is 10.2 Å². The van der Waals surface area contributed by atoms with Crippen LogP contribution in [0.4, 0.5) is 16.5 Å². The van der Waals surface area contributed by atoms with Crippen molar-refractivity contribution in [3.8, 4) is 11.5 Å². The average Bonchev–Trinajstić information content (AvgIpc) is 3.18. The van der Waals surface area contributed by atoms with E-state index in [4.69, 9.17) is 9.47 Å². The molecule has 0 radical (unpaired) electrons. The van der Waals surface area contributed by atoms with Crippen LogP contribution < -0.4 is 20.1 Å². The van der Waals surface area contributed by atoms with Gasteiger partial charge in [0.25, 0.3) is 0 Å². The van der Waals surface area contributed by atoms with Crippen molar-refractivity contribution in [3.05, 3.63) is 48.5 Å². The number of para-hydroxylation sites is 2. The van der Waals surface area contributed by atoms with Crippen LogP contribution >= 0.6 is 23.1 Å². The Hall–Kier alpha value is -2.78. The van der Waals surface area contributed by atoms with Gasteiger partial charge in [-0.3, -0.25) is 4.79 Å². The number of hydrogen-bond acceptors (Lipinski definition) is 8. The molecule has 3 rings (SSSR count). The monoisotopic (exact) mass is 444 g/mol. The molecule has 0 saturated carbocycles. The van der Waals surface area contributed by atoms with Crippen molar-refractivity contribution in [1.29, 1.82) is 0 Å². The molecule has 1 unspecified atom stereocenters. The van der Waals surface area contributed by atoms with Gasteiger partial charge in [0.2, 0.25) is 11.0 Å². The summed E-state index contributed by atoms with van der Waals surface area (Å²) in [6.45, 7) is 6.90. The largest absolute Gasteiger partial charge is 0.494 e. The fourth-order valence-corrected chi connectivity index (χ4v) is 4.43. The molecule has 0 aliphatic rings. The van der Waals surface area contributed by atoms with E-state index in [2.05, 4.69) is 20.8 Å². The number of rotatable bonds is 10. The Labute approximate surface area is 184 Å². The van der Waals surface area contributed by atoms with Gasteiger partial charge in [-0.05, 0) is 57.2 Å². The number of hydrogen-bond donors (Lipinski definition) is 2. The highest BCUT2D eigenvalue weighted by atomic mass is 32.2. The lowest BCUT2D eigenvalue weighted by Gasteiger charge is -2.11. The van der Waals surface area contributed by atoms with Crippen molar-refractivity contribution in [3.63, 3.8) is 0 Å². The maximum Gasteiger partial charge on any atom is 0.237 e. The topological polar surface area (TPSA) is 85.4 Å². The summed E-state index contributed by atoms with van der Waals surface area (Å²) in [5.41, 5.74) is 1.55. The maximum atomic E-state index is 12.5. The summed E-state index contributed by atoms with van der Waals surface area (Å²) in [4.78, 5) is 12.5. The van der Waals surface area contributed by atoms with Gasteiger partial charge >= 0.3 is 0 Å². The molecule has 0 saturated heterocycles. The second kappa shape index (κ2) is 10.8. The van der Waals surface area contributed by atoms with Crippen molar-refractivity contribution >= 4 is 45.5 Å². The van der Waals surface area contributed by atoms with E-state index < -0.39 is 0 Å². The fourth-order valence-electron chi connectivity index (χ4n) is 2.52. The van der Waals surface area contributed by atoms with Gasteiger partial charge in [-0.15, -0.1) is 10.2 Å². The van der Waals surface area contributed by atoms with Gasteiger partial charge in [-0.2, -0.15) is 0 Å². The number of benzene rings is 2. The predicted molar refractivity (Wildman–Crippen MR) is 122 cm³/mol. The highest BCUT2D eigenvalue weighted by Gasteiger charge is 2.18. The van der Waals surface area contributed by atoms with Crippen LogP contribution in [0.2, 0.25) is 0 Å². The summed E-state index contributed by atoms with van der Waals surface area (Å²) in [6.07, 6.45) is 0. The Balaban J connectivity index is 1.56. The van der Waals surface area contributed by atoms with Crippen LogP contribution in [0.3, 0.4) is 0 Å².